The van der Waals surface area contributed by atoms with Crippen LogP contribution in [-0.2, 0) is 11.3 Å². The van der Waals surface area contributed by atoms with Crippen LogP contribution in [-0.4, -0.2) is 52.7 Å². The molecule has 1 amide bonds. The van der Waals surface area contributed by atoms with Crippen molar-refractivity contribution in [3.05, 3.63) is 65.7 Å². The number of hydrogen-bond acceptors (Lipinski definition) is 3. The fraction of sp³-hybridized carbons (Fsp3) is 0.409. The third-order valence-electron chi connectivity index (χ3n) is 5.82. The zero-order valence-electron chi connectivity index (χ0n) is 15.3. The van der Waals surface area contributed by atoms with Gasteiger partial charge < -0.3 is 10.0 Å². The van der Waals surface area contributed by atoms with E-state index in [-0.39, 0.29) is 23.6 Å². The molecule has 0 aromatic heterocycles. The van der Waals surface area contributed by atoms with E-state index in [0.717, 1.165) is 30.6 Å². The summed E-state index contributed by atoms with van der Waals surface area (Å²) in [5, 5.41) is 9.42. The van der Waals surface area contributed by atoms with Crippen LogP contribution in [0.15, 0.2) is 54.6 Å². The maximum atomic E-state index is 14.9. The Morgan fingerprint density at radius 3 is 2.44 bits per heavy atom. The highest BCUT2D eigenvalue weighted by atomic mass is 19.1. The number of phenols is 1. The van der Waals surface area contributed by atoms with Crippen molar-refractivity contribution >= 4 is 5.91 Å². The maximum absolute atomic E-state index is 14.9. The van der Waals surface area contributed by atoms with Crippen LogP contribution in [0, 0.1) is 0 Å². The average molecular weight is 368 g/mol. The van der Waals surface area contributed by atoms with E-state index in [1.54, 1.807) is 24.3 Å². The van der Waals surface area contributed by atoms with Crippen LogP contribution in [0.4, 0.5) is 4.39 Å². The Hall–Kier alpha value is -2.40. The molecule has 0 aliphatic carbocycles. The maximum Gasteiger partial charge on any atom is 0.240 e. The van der Waals surface area contributed by atoms with Crippen molar-refractivity contribution in [2.45, 2.75) is 37.5 Å². The zero-order valence-corrected chi connectivity index (χ0v) is 15.3. The molecule has 0 unspecified atom stereocenters. The van der Waals surface area contributed by atoms with Crippen LogP contribution in [0.1, 0.15) is 29.9 Å². The van der Waals surface area contributed by atoms with Crippen LogP contribution in [0.2, 0.25) is 0 Å². The number of phenolic OH excluding ortho intramolecular Hbond substituents is 1. The minimum atomic E-state index is -1.00. The van der Waals surface area contributed by atoms with Crippen molar-refractivity contribution in [2.24, 2.45) is 0 Å². The zero-order chi connectivity index (χ0) is 18.8. The first kappa shape index (κ1) is 18.0. The van der Waals surface area contributed by atoms with Gasteiger partial charge in [-0.2, -0.15) is 0 Å². The molecule has 2 fully saturated rings. The summed E-state index contributed by atoms with van der Waals surface area (Å²) in [7, 11) is 0. The molecule has 142 valence electrons. The summed E-state index contributed by atoms with van der Waals surface area (Å²) in [5.41, 5.74) is 2.05. The average Bonchev–Trinajstić information content (AvgIpc) is 3.04. The second kappa shape index (κ2) is 7.69. The number of nitrogens with zero attached hydrogens (tertiary/aromatic N) is 2. The summed E-state index contributed by atoms with van der Waals surface area (Å²) >= 11 is 0. The van der Waals surface area contributed by atoms with Gasteiger partial charge in [0, 0.05) is 25.6 Å². The second-order valence-corrected chi connectivity index (χ2v) is 7.55. The molecule has 2 saturated heterocycles. The largest absolute Gasteiger partial charge is 0.508 e. The van der Waals surface area contributed by atoms with Gasteiger partial charge in [0.25, 0.3) is 0 Å². The highest BCUT2D eigenvalue weighted by molar-refractivity contribution is 5.84. The molecule has 3 atom stereocenters. The topological polar surface area (TPSA) is 43.8 Å². The van der Waals surface area contributed by atoms with Crippen molar-refractivity contribution in [1.82, 2.24) is 9.80 Å². The smallest absolute Gasteiger partial charge is 0.240 e. The lowest BCUT2D eigenvalue weighted by Crippen LogP contribution is -2.49. The molecule has 0 bridgehead atoms. The van der Waals surface area contributed by atoms with Gasteiger partial charge in [0.15, 0.2) is 0 Å². The summed E-state index contributed by atoms with van der Waals surface area (Å²) in [5.74, 6) is 0.148. The second-order valence-electron chi connectivity index (χ2n) is 7.55. The SMILES string of the molecule is O=C1[C@@H](N2CC[C@@H](c3ccc(O)cc3)[C@H](F)C2)CCN1Cc1ccccc1. The number of carbonyl (C=O) groups excluding carboxylic acids is 1. The number of likely N-dealkylation sites (tertiary alicyclic amines) is 2. The van der Waals surface area contributed by atoms with Crippen LogP contribution in [0.5, 0.6) is 5.75 Å². The van der Waals surface area contributed by atoms with E-state index in [9.17, 15) is 14.3 Å². The van der Waals surface area contributed by atoms with Gasteiger partial charge in [-0.25, -0.2) is 4.39 Å². The molecule has 0 radical (unpaired) electrons. The van der Waals surface area contributed by atoms with Gasteiger partial charge in [-0.15, -0.1) is 0 Å². The van der Waals surface area contributed by atoms with Crippen molar-refractivity contribution in [3.8, 4) is 5.75 Å². The molecular weight excluding hydrogens is 343 g/mol. The predicted octanol–water partition coefficient (Wildman–Crippen LogP) is 3.32. The standard InChI is InChI=1S/C22H25FN2O2/c23-20-15-24(12-10-19(20)17-6-8-18(26)9-7-17)21-11-13-25(22(21)27)14-16-4-2-1-3-5-16/h1-9,19-21,26H,10-15H2/t19-,20+,21-/m0/s1. The molecule has 2 aliphatic heterocycles. The Bertz CT molecular complexity index is 781. The summed E-state index contributed by atoms with van der Waals surface area (Å²) in [6.07, 6.45) is 0.454. The first-order valence-corrected chi connectivity index (χ1v) is 9.61. The lowest BCUT2D eigenvalue weighted by molar-refractivity contribution is -0.133. The lowest BCUT2D eigenvalue weighted by Gasteiger charge is -2.37. The Kier molecular flexibility index (Phi) is 5.12. The molecule has 2 aromatic rings. The minimum Gasteiger partial charge on any atom is -0.508 e. The van der Waals surface area contributed by atoms with Crippen LogP contribution in [0.25, 0.3) is 0 Å². The van der Waals surface area contributed by atoms with E-state index in [4.69, 9.17) is 0 Å². The van der Waals surface area contributed by atoms with Crippen molar-refractivity contribution in [3.63, 3.8) is 0 Å². The van der Waals surface area contributed by atoms with Gasteiger partial charge in [0.2, 0.25) is 5.91 Å². The third kappa shape index (κ3) is 3.83. The third-order valence-corrected chi connectivity index (χ3v) is 5.82. The van der Waals surface area contributed by atoms with Gasteiger partial charge in [-0.1, -0.05) is 42.5 Å². The van der Waals surface area contributed by atoms with E-state index >= 15 is 0 Å². The number of amides is 1. The van der Waals surface area contributed by atoms with Crippen molar-refractivity contribution < 1.29 is 14.3 Å². The first-order chi connectivity index (χ1) is 13.1. The fourth-order valence-electron chi connectivity index (χ4n) is 4.33. The minimum absolute atomic E-state index is 0.120. The summed E-state index contributed by atoms with van der Waals surface area (Å²) < 4.78 is 14.9. The van der Waals surface area contributed by atoms with E-state index in [1.165, 1.54) is 0 Å². The molecule has 0 spiro atoms. The Morgan fingerprint density at radius 2 is 1.74 bits per heavy atom. The quantitative estimate of drug-likeness (QED) is 0.900. The van der Waals surface area contributed by atoms with Crippen LogP contribution < -0.4 is 0 Å². The Balaban J connectivity index is 1.37. The number of benzene rings is 2. The molecule has 2 aliphatic rings. The number of hydrogen-bond donors (Lipinski definition) is 1. The Morgan fingerprint density at radius 1 is 1.00 bits per heavy atom. The van der Waals surface area contributed by atoms with Gasteiger partial charge in [-0.3, -0.25) is 9.69 Å². The van der Waals surface area contributed by atoms with Crippen molar-refractivity contribution in [1.29, 1.82) is 0 Å². The van der Waals surface area contributed by atoms with Crippen LogP contribution in [0.3, 0.4) is 0 Å². The Labute approximate surface area is 159 Å². The van der Waals surface area contributed by atoms with Gasteiger partial charge >= 0.3 is 0 Å². The molecule has 2 heterocycles. The van der Waals surface area contributed by atoms with Gasteiger partial charge in [-0.05, 0) is 42.6 Å². The monoisotopic (exact) mass is 368 g/mol. The van der Waals surface area contributed by atoms with Gasteiger partial charge in [0.1, 0.15) is 11.9 Å². The summed E-state index contributed by atoms with van der Waals surface area (Å²) in [6, 6.07) is 16.6. The van der Waals surface area contributed by atoms with Crippen LogP contribution >= 0.6 is 0 Å². The normalized spacial score (nSPS) is 26.5. The molecule has 2 aromatic carbocycles. The van der Waals surface area contributed by atoms with Crippen molar-refractivity contribution in [2.75, 3.05) is 19.6 Å². The van der Waals surface area contributed by atoms with E-state index in [0.29, 0.717) is 19.5 Å². The first-order valence-electron chi connectivity index (χ1n) is 9.61. The molecule has 4 nitrogen and oxygen atoms in total. The number of carbonyl (C=O) groups is 1. The molecule has 0 saturated carbocycles. The fourth-order valence-corrected chi connectivity index (χ4v) is 4.33. The molecule has 4 rings (SSSR count). The highest BCUT2D eigenvalue weighted by Crippen LogP contribution is 2.33. The summed E-state index contributed by atoms with van der Waals surface area (Å²) in [6.45, 7) is 2.37. The number of aromatic hydroxyl groups is 1. The highest BCUT2D eigenvalue weighted by Gasteiger charge is 2.40. The number of alkyl halides is 1. The molecule has 1 N–H and O–H groups in total. The van der Waals surface area contributed by atoms with E-state index in [1.807, 2.05) is 40.1 Å². The number of piperidine rings is 1. The van der Waals surface area contributed by atoms with E-state index < -0.39 is 6.17 Å². The lowest BCUT2D eigenvalue weighted by atomic mass is 9.87. The number of rotatable bonds is 4. The number of halogens is 1. The molecular formula is C22H25FN2O2. The predicted molar refractivity (Wildman–Crippen MR) is 102 cm³/mol. The van der Waals surface area contributed by atoms with E-state index in [2.05, 4.69) is 0 Å². The summed E-state index contributed by atoms with van der Waals surface area (Å²) in [4.78, 5) is 16.7. The molecule has 5 heteroatoms. The molecule has 27 heavy (non-hydrogen) atoms. The van der Waals surface area contributed by atoms with Gasteiger partial charge in [0.05, 0.1) is 6.04 Å².